The van der Waals surface area contributed by atoms with E-state index in [1.54, 1.807) is 26.0 Å². The van der Waals surface area contributed by atoms with E-state index < -0.39 is 5.97 Å². The standard InChI is InChI=1S/C13H11BrClNO3/c1-3-18-13(17)11-7(2)16-12(19-11)9-6-8(14)4-5-10(9)15/h4-6H,3H2,1-2H3. The number of nitrogens with zero attached hydrogens (tertiary/aromatic N) is 1. The lowest BCUT2D eigenvalue weighted by Gasteiger charge is -2.00. The number of oxazole rings is 1. The molecule has 1 heterocycles. The summed E-state index contributed by atoms with van der Waals surface area (Å²) in [6.45, 7) is 3.70. The third kappa shape index (κ3) is 2.98. The van der Waals surface area contributed by atoms with Crippen LogP contribution in [0.4, 0.5) is 0 Å². The quantitative estimate of drug-likeness (QED) is 0.781. The minimum absolute atomic E-state index is 0.105. The number of ether oxygens (including phenoxy) is 1. The van der Waals surface area contributed by atoms with Crippen LogP contribution in [0.1, 0.15) is 23.2 Å². The number of hydrogen-bond acceptors (Lipinski definition) is 4. The van der Waals surface area contributed by atoms with Crippen LogP contribution in [0.25, 0.3) is 11.5 Å². The van der Waals surface area contributed by atoms with Crippen molar-refractivity contribution in [3.63, 3.8) is 0 Å². The molecule has 0 saturated heterocycles. The van der Waals surface area contributed by atoms with E-state index in [9.17, 15) is 4.79 Å². The summed E-state index contributed by atoms with van der Waals surface area (Å²) in [5, 5.41) is 0.500. The lowest BCUT2D eigenvalue weighted by Crippen LogP contribution is -2.04. The molecule has 0 spiro atoms. The lowest BCUT2D eigenvalue weighted by atomic mass is 10.2. The Balaban J connectivity index is 2.44. The van der Waals surface area contributed by atoms with Gasteiger partial charge in [0.1, 0.15) is 0 Å². The second-order valence-electron chi connectivity index (χ2n) is 3.78. The number of halogens is 2. The molecule has 2 rings (SSSR count). The van der Waals surface area contributed by atoms with Crippen molar-refractivity contribution in [2.24, 2.45) is 0 Å². The number of hydrogen-bond donors (Lipinski definition) is 0. The molecular weight excluding hydrogens is 334 g/mol. The topological polar surface area (TPSA) is 52.3 Å². The second-order valence-corrected chi connectivity index (χ2v) is 5.10. The first-order valence-corrected chi connectivity index (χ1v) is 6.80. The third-order valence-electron chi connectivity index (χ3n) is 2.42. The monoisotopic (exact) mass is 343 g/mol. The van der Waals surface area contributed by atoms with E-state index in [-0.39, 0.29) is 12.4 Å². The molecule has 0 atom stereocenters. The van der Waals surface area contributed by atoms with Gasteiger partial charge in [0, 0.05) is 4.47 Å². The summed E-state index contributed by atoms with van der Waals surface area (Å²) in [6.07, 6.45) is 0. The molecule has 0 aliphatic heterocycles. The molecular formula is C13H11BrClNO3. The Morgan fingerprint density at radius 3 is 2.95 bits per heavy atom. The number of aromatic nitrogens is 1. The predicted octanol–water partition coefficient (Wildman–Crippen LogP) is 4.24. The van der Waals surface area contributed by atoms with Crippen LogP contribution in [0.3, 0.4) is 0 Å². The van der Waals surface area contributed by atoms with Gasteiger partial charge in [-0.3, -0.25) is 0 Å². The predicted molar refractivity (Wildman–Crippen MR) is 75.3 cm³/mol. The zero-order valence-electron chi connectivity index (χ0n) is 10.4. The molecule has 0 fully saturated rings. The summed E-state index contributed by atoms with van der Waals surface area (Å²) in [7, 11) is 0. The van der Waals surface area contributed by atoms with Gasteiger partial charge < -0.3 is 9.15 Å². The van der Waals surface area contributed by atoms with Gasteiger partial charge in [-0.2, -0.15) is 0 Å². The molecule has 0 radical (unpaired) electrons. The maximum absolute atomic E-state index is 11.7. The number of carbonyl (C=O) groups excluding carboxylic acids is 1. The van der Waals surface area contributed by atoms with Gasteiger partial charge in [-0.15, -0.1) is 0 Å². The van der Waals surface area contributed by atoms with Gasteiger partial charge in [-0.25, -0.2) is 9.78 Å². The van der Waals surface area contributed by atoms with Crippen LogP contribution in [-0.4, -0.2) is 17.6 Å². The Morgan fingerprint density at radius 2 is 2.26 bits per heavy atom. The molecule has 0 saturated carbocycles. The third-order valence-corrected chi connectivity index (χ3v) is 3.24. The van der Waals surface area contributed by atoms with Crippen molar-refractivity contribution >= 4 is 33.5 Å². The van der Waals surface area contributed by atoms with Crippen molar-refractivity contribution < 1.29 is 13.9 Å². The van der Waals surface area contributed by atoms with E-state index >= 15 is 0 Å². The highest BCUT2D eigenvalue weighted by molar-refractivity contribution is 9.10. The molecule has 0 N–H and O–H groups in total. The normalized spacial score (nSPS) is 10.5. The molecule has 6 heteroatoms. The Hall–Kier alpha value is -1.33. The molecule has 0 aliphatic carbocycles. The fraction of sp³-hybridized carbons (Fsp3) is 0.231. The molecule has 0 amide bonds. The molecule has 1 aromatic carbocycles. The molecule has 4 nitrogen and oxygen atoms in total. The van der Waals surface area contributed by atoms with Crippen LogP contribution >= 0.6 is 27.5 Å². The van der Waals surface area contributed by atoms with Gasteiger partial charge >= 0.3 is 5.97 Å². The van der Waals surface area contributed by atoms with Gasteiger partial charge in [-0.1, -0.05) is 27.5 Å². The number of benzene rings is 1. The summed E-state index contributed by atoms with van der Waals surface area (Å²) >= 11 is 9.45. The summed E-state index contributed by atoms with van der Waals surface area (Å²) in [4.78, 5) is 15.9. The van der Waals surface area contributed by atoms with Crippen molar-refractivity contribution in [3.05, 3.63) is 39.1 Å². The van der Waals surface area contributed by atoms with Gasteiger partial charge in [0.2, 0.25) is 11.7 Å². The van der Waals surface area contributed by atoms with E-state index in [1.807, 2.05) is 6.07 Å². The lowest BCUT2D eigenvalue weighted by molar-refractivity contribution is 0.0490. The molecule has 0 unspecified atom stereocenters. The van der Waals surface area contributed by atoms with Crippen LogP contribution in [0.15, 0.2) is 27.1 Å². The Labute approximate surface area is 123 Å². The van der Waals surface area contributed by atoms with Crippen molar-refractivity contribution in [1.29, 1.82) is 0 Å². The number of rotatable bonds is 3. The van der Waals surface area contributed by atoms with Crippen molar-refractivity contribution in [1.82, 2.24) is 4.98 Å². The highest BCUT2D eigenvalue weighted by Gasteiger charge is 2.20. The van der Waals surface area contributed by atoms with Crippen LogP contribution in [0.5, 0.6) is 0 Å². The van der Waals surface area contributed by atoms with Gasteiger partial charge in [0.15, 0.2) is 0 Å². The molecule has 2 aromatic rings. The molecule has 0 bridgehead atoms. The van der Waals surface area contributed by atoms with E-state index in [0.717, 1.165) is 4.47 Å². The minimum Gasteiger partial charge on any atom is -0.460 e. The largest absolute Gasteiger partial charge is 0.460 e. The average Bonchev–Trinajstić information content (AvgIpc) is 2.74. The fourth-order valence-electron chi connectivity index (χ4n) is 1.56. The molecule has 100 valence electrons. The first-order valence-electron chi connectivity index (χ1n) is 5.63. The SMILES string of the molecule is CCOC(=O)c1oc(-c2cc(Br)ccc2Cl)nc1C. The van der Waals surface area contributed by atoms with Crippen LogP contribution in [0, 0.1) is 6.92 Å². The maximum Gasteiger partial charge on any atom is 0.376 e. The van der Waals surface area contributed by atoms with E-state index in [1.165, 1.54) is 0 Å². The van der Waals surface area contributed by atoms with Gasteiger partial charge in [0.05, 0.1) is 22.9 Å². The smallest absolute Gasteiger partial charge is 0.376 e. The average molecular weight is 345 g/mol. The number of aryl methyl sites for hydroxylation is 1. The maximum atomic E-state index is 11.7. The zero-order chi connectivity index (χ0) is 14.0. The van der Waals surface area contributed by atoms with Crippen molar-refractivity contribution in [2.75, 3.05) is 6.61 Å². The van der Waals surface area contributed by atoms with Crippen LogP contribution in [-0.2, 0) is 4.74 Å². The molecule has 1 aromatic heterocycles. The number of esters is 1. The van der Waals surface area contributed by atoms with Crippen molar-refractivity contribution in [2.45, 2.75) is 13.8 Å². The summed E-state index contributed by atoms with van der Waals surface area (Å²) in [5.41, 5.74) is 1.10. The van der Waals surface area contributed by atoms with E-state index in [2.05, 4.69) is 20.9 Å². The zero-order valence-corrected chi connectivity index (χ0v) is 12.7. The second kappa shape index (κ2) is 5.75. The van der Waals surface area contributed by atoms with Gasteiger partial charge in [0.25, 0.3) is 0 Å². The fourth-order valence-corrected chi connectivity index (χ4v) is 2.12. The Bertz CT molecular complexity index is 624. The van der Waals surface area contributed by atoms with Gasteiger partial charge in [-0.05, 0) is 32.0 Å². The Morgan fingerprint density at radius 1 is 1.53 bits per heavy atom. The highest BCUT2D eigenvalue weighted by Crippen LogP contribution is 2.31. The minimum atomic E-state index is -0.523. The molecule has 19 heavy (non-hydrogen) atoms. The first-order chi connectivity index (χ1) is 9.02. The molecule has 0 aliphatic rings. The first kappa shape index (κ1) is 14.1. The summed E-state index contributed by atoms with van der Waals surface area (Å²) in [6, 6.07) is 5.32. The van der Waals surface area contributed by atoms with Crippen LogP contribution < -0.4 is 0 Å². The Kier molecular flexibility index (Phi) is 4.27. The summed E-state index contributed by atoms with van der Waals surface area (Å²) in [5.74, 6) is -0.121. The summed E-state index contributed by atoms with van der Waals surface area (Å²) < 4.78 is 11.2. The highest BCUT2D eigenvalue weighted by atomic mass is 79.9. The van der Waals surface area contributed by atoms with Crippen LogP contribution in [0.2, 0.25) is 5.02 Å². The number of carbonyl (C=O) groups is 1. The van der Waals surface area contributed by atoms with Crippen molar-refractivity contribution in [3.8, 4) is 11.5 Å². The van der Waals surface area contributed by atoms with E-state index in [4.69, 9.17) is 20.8 Å². The van der Waals surface area contributed by atoms with E-state index in [0.29, 0.717) is 22.2 Å².